The van der Waals surface area contributed by atoms with Gasteiger partial charge in [-0.2, -0.15) is 5.26 Å². The smallest absolute Gasteiger partial charge is 0.209 e. The third-order valence-corrected chi connectivity index (χ3v) is 4.69. The maximum Gasteiger partial charge on any atom is 0.209 e. The van der Waals surface area contributed by atoms with Gasteiger partial charge in [0.15, 0.2) is 0 Å². The van der Waals surface area contributed by atoms with Gasteiger partial charge in [0, 0.05) is 17.3 Å². The SMILES string of the molecule is COc1cccc(NC(C(=O)C(=N)/C(=N\O)c2cccc(C#N)c2)c2ccc(F)cc2)c1. The van der Waals surface area contributed by atoms with E-state index in [1.54, 1.807) is 36.4 Å². The van der Waals surface area contributed by atoms with Gasteiger partial charge in [-0.15, -0.1) is 0 Å². The summed E-state index contributed by atoms with van der Waals surface area (Å²) >= 11 is 0. The van der Waals surface area contributed by atoms with Gasteiger partial charge in [-0.1, -0.05) is 35.5 Å². The van der Waals surface area contributed by atoms with E-state index >= 15 is 0 Å². The van der Waals surface area contributed by atoms with Crippen LogP contribution in [0.4, 0.5) is 10.1 Å². The molecule has 0 heterocycles. The summed E-state index contributed by atoms with van der Waals surface area (Å²) in [5, 5.41) is 33.2. The van der Waals surface area contributed by atoms with Crippen molar-refractivity contribution in [2.45, 2.75) is 6.04 Å². The Kier molecular flexibility index (Phi) is 6.93. The van der Waals surface area contributed by atoms with Gasteiger partial charge in [0.1, 0.15) is 29.0 Å². The van der Waals surface area contributed by atoms with E-state index < -0.39 is 23.4 Å². The summed E-state index contributed by atoms with van der Waals surface area (Å²) in [6.07, 6.45) is 0. The van der Waals surface area contributed by atoms with Crippen molar-refractivity contribution in [1.82, 2.24) is 0 Å². The number of rotatable bonds is 8. The zero-order chi connectivity index (χ0) is 23.1. The number of hydrogen-bond donors (Lipinski definition) is 3. The topological polar surface area (TPSA) is 119 Å². The Labute approximate surface area is 183 Å². The summed E-state index contributed by atoms with van der Waals surface area (Å²) in [6.45, 7) is 0. The lowest BCUT2D eigenvalue weighted by Gasteiger charge is -2.20. The minimum Gasteiger partial charge on any atom is -0.497 e. The van der Waals surface area contributed by atoms with Crippen LogP contribution in [0.5, 0.6) is 5.75 Å². The number of anilines is 1. The molecule has 0 spiro atoms. The molecule has 3 rings (SSSR count). The number of ether oxygens (including phenoxy) is 1. The van der Waals surface area contributed by atoms with Crippen molar-refractivity contribution in [2.24, 2.45) is 5.16 Å². The summed E-state index contributed by atoms with van der Waals surface area (Å²) in [5.74, 6) is -0.627. The molecule has 0 aliphatic heterocycles. The number of Topliss-reactive ketones (excluding diaryl/α,β-unsaturated/α-hetero) is 1. The zero-order valence-electron chi connectivity index (χ0n) is 17.0. The molecule has 0 radical (unpaired) electrons. The lowest BCUT2D eigenvalue weighted by Crippen LogP contribution is -2.33. The van der Waals surface area contributed by atoms with Crippen LogP contribution in [0.15, 0.2) is 78.0 Å². The molecule has 7 nitrogen and oxygen atoms in total. The summed E-state index contributed by atoms with van der Waals surface area (Å²) in [4.78, 5) is 13.3. The number of ketones is 1. The summed E-state index contributed by atoms with van der Waals surface area (Å²) < 4.78 is 18.7. The molecule has 3 N–H and O–H groups in total. The monoisotopic (exact) mass is 430 g/mol. The highest BCUT2D eigenvalue weighted by molar-refractivity contribution is 6.70. The number of hydrogen-bond acceptors (Lipinski definition) is 7. The van der Waals surface area contributed by atoms with Gasteiger partial charge in [-0.05, 0) is 42.0 Å². The summed E-state index contributed by atoms with van der Waals surface area (Å²) in [5.41, 5.74) is 0.609. The average Bonchev–Trinajstić information content (AvgIpc) is 2.83. The molecule has 0 aliphatic rings. The van der Waals surface area contributed by atoms with E-state index in [0.29, 0.717) is 17.0 Å². The molecule has 160 valence electrons. The molecular weight excluding hydrogens is 411 g/mol. The molecule has 3 aromatic rings. The molecule has 8 heteroatoms. The van der Waals surface area contributed by atoms with Crippen LogP contribution < -0.4 is 10.1 Å². The number of carbonyl (C=O) groups excluding carboxylic acids is 1. The molecule has 0 aliphatic carbocycles. The number of benzene rings is 3. The lowest BCUT2D eigenvalue weighted by molar-refractivity contribution is -0.113. The Morgan fingerprint density at radius 2 is 1.88 bits per heavy atom. The second kappa shape index (κ2) is 10.00. The van der Waals surface area contributed by atoms with Gasteiger partial charge in [0.2, 0.25) is 5.78 Å². The quantitative estimate of drug-likeness (QED) is 0.279. The first kappa shape index (κ1) is 22.2. The van der Waals surface area contributed by atoms with Gasteiger partial charge in [-0.25, -0.2) is 4.39 Å². The second-order valence-corrected chi connectivity index (χ2v) is 6.74. The number of methoxy groups -OCH3 is 1. The number of halogens is 1. The van der Waals surface area contributed by atoms with Gasteiger partial charge in [0.25, 0.3) is 0 Å². The minimum atomic E-state index is -1.08. The predicted molar refractivity (Wildman–Crippen MR) is 118 cm³/mol. The maximum atomic E-state index is 13.5. The first-order valence-electron chi connectivity index (χ1n) is 9.48. The van der Waals surface area contributed by atoms with Crippen LogP contribution in [0.1, 0.15) is 22.7 Å². The fourth-order valence-corrected chi connectivity index (χ4v) is 3.08. The standard InChI is InChI=1S/C24H19FN4O3/c1-32-20-7-3-6-19(13-20)28-23(16-8-10-18(25)11-9-16)24(30)21(27)22(29-31)17-5-2-4-15(12-17)14-26/h2-13,23,27-28,31H,1H3/b27-21?,29-22-. The van der Waals surface area contributed by atoms with Crippen LogP contribution in [0.25, 0.3) is 0 Å². The molecule has 32 heavy (non-hydrogen) atoms. The van der Waals surface area contributed by atoms with E-state index in [9.17, 15) is 14.4 Å². The third kappa shape index (κ3) is 4.96. The van der Waals surface area contributed by atoms with Crippen molar-refractivity contribution < 1.29 is 19.1 Å². The lowest BCUT2D eigenvalue weighted by atomic mass is 9.94. The van der Waals surface area contributed by atoms with Crippen LogP contribution >= 0.6 is 0 Å². The summed E-state index contributed by atoms with van der Waals surface area (Å²) in [6, 6.07) is 19.1. The van der Waals surface area contributed by atoms with Crippen molar-refractivity contribution in [3.8, 4) is 11.8 Å². The molecule has 0 saturated heterocycles. The van der Waals surface area contributed by atoms with E-state index in [0.717, 1.165) is 0 Å². The normalized spacial score (nSPS) is 11.8. The van der Waals surface area contributed by atoms with Crippen molar-refractivity contribution in [2.75, 3.05) is 12.4 Å². The second-order valence-electron chi connectivity index (χ2n) is 6.74. The molecule has 0 fully saturated rings. The van der Waals surface area contributed by atoms with Gasteiger partial charge in [0.05, 0.1) is 18.7 Å². The predicted octanol–water partition coefficient (Wildman–Crippen LogP) is 4.33. The number of oxime groups is 1. The third-order valence-electron chi connectivity index (χ3n) is 4.69. The summed E-state index contributed by atoms with van der Waals surface area (Å²) in [7, 11) is 1.51. The molecule has 0 amide bonds. The van der Waals surface area contributed by atoms with Crippen LogP contribution in [0.2, 0.25) is 0 Å². The molecule has 0 saturated carbocycles. The maximum absolute atomic E-state index is 13.5. The Bertz CT molecular complexity index is 1220. The van der Waals surface area contributed by atoms with Gasteiger partial charge < -0.3 is 15.3 Å². The number of carbonyl (C=O) groups is 1. The highest BCUT2D eigenvalue weighted by Crippen LogP contribution is 2.25. The van der Waals surface area contributed by atoms with Crippen molar-refractivity contribution >= 4 is 22.9 Å². The van der Waals surface area contributed by atoms with E-state index in [2.05, 4.69) is 10.5 Å². The van der Waals surface area contributed by atoms with Crippen LogP contribution in [0.3, 0.4) is 0 Å². The van der Waals surface area contributed by atoms with Crippen LogP contribution in [-0.2, 0) is 4.79 Å². The fourth-order valence-electron chi connectivity index (χ4n) is 3.08. The molecular formula is C24H19FN4O3. The van der Waals surface area contributed by atoms with Crippen molar-refractivity contribution in [3.63, 3.8) is 0 Å². The van der Waals surface area contributed by atoms with Crippen molar-refractivity contribution in [3.05, 3.63) is 95.3 Å². The molecule has 3 aromatic carbocycles. The zero-order valence-corrected chi connectivity index (χ0v) is 17.0. The Morgan fingerprint density at radius 1 is 1.16 bits per heavy atom. The Balaban J connectivity index is 1.98. The van der Waals surface area contributed by atoms with E-state index in [1.807, 2.05) is 6.07 Å². The average molecular weight is 430 g/mol. The number of nitrogens with one attached hydrogen (secondary N) is 2. The molecule has 1 atom stereocenters. The highest BCUT2D eigenvalue weighted by atomic mass is 19.1. The van der Waals surface area contributed by atoms with Crippen LogP contribution in [0, 0.1) is 22.6 Å². The first-order valence-corrected chi connectivity index (χ1v) is 9.48. The van der Waals surface area contributed by atoms with E-state index in [-0.39, 0.29) is 16.8 Å². The Morgan fingerprint density at radius 3 is 2.53 bits per heavy atom. The number of nitrogens with zero attached hydrogens (tertiary/aromatic N) is 2. The number of nitriles is 1. The fraction of sp³-hybridized carbons (Fsp3) is 0.0833. The molecule has 0 bridgehead atoms. The van der Waals surface area contributed by atoms with Gasteiger partial charge in [-0.3, -0.25) is 10.2 Å². The highest BCUT2D eigenvalue weighted by Gasteiger charge is 2.28. The Hall–Kier alpha value is -4.51. The first-order chi connectivity index (χ1) is 15.5. The largest absolute Gasteiger partial charge is 0.497 e. The van der Waals surface area contributed by atoms with Crippen LogP contribution in [-0.4, -0.2) is 29.5 Å². The molecule has 0 aromatic heterocycles. The van der Waals surface area contributed by atoms with E-state index in [4.69, 9.17) is 15.4 Å². The molecule has 1 unspecified atom stereocenters. The van der Waals surface area contributed by atoms with Crippen molar-refractivity contribution in [1.29, 1.82) is 10.7 Å². The van der Waals surface area contributed by atoms with E-state index in [1.165, 1.54) is 43.5 Å². The minimum absolute atomic E-state index is 0.240. The van der Waals surface area contributed by atoms with Gasteiger partial charge >= 0.3 is 0 Å².